The second-order valence-electron chi connectivity index (χ2n) is 11.9. The number of amides is 2. The van der Waals surface area contributed by atoms with Crippen LogP contribution in [0.4, 0.5) is 4.79 Å². The predicted molar refractivity (Wildman–Crippen MR) is 161 cm³/mol. The van der Waals surface area contributed by atoms with Gasteiger partial charge in [0.2, 0.25) is 0 Å². The number of nitrogens with zero attached hydrogens (tertiary/aromatic N) is 3. The van der Waals surface area contributed by atoms with Crippen molar-refractivity contribution < 1.29 is 19.1 Å². The largest absolute Gasteiger partial charge is 0.494 e. The molecule has 0 spiro atoms. The molecule has 7 nitrogen and oxygen atoms in total. The Hall–Kier alpha value is -3.19. The first-order valence-electron chi connectivity index (χ1n) is 14.3. The van der Waals surface area contributed by atoms with E-state index >= 15 is 0 Å². The van der Waals surface area contributed by atoms with Crippen molar-refractivity contribution >= 4 is 35.3 Å². The lowest BCUT2D eigenvalue weighted by atomic mass is 9.98. The number of likely N-dealkylation sites (tertiary alicyclic amines) is 1. The van der Waals surface area contributed by atoms with Gasteiger partial charge >= 0.3 is 6.09 Å². The SMILES string of the molecule is CCOc1ccc(Cn2c3c(c4cc(C(=O)N5CCC(C)CC5)ccc42)CN(C(=O)OC(C)(C)C)CC3)cc1.Cl. The number of fused-ring (bicyclic) bond motifs is 3. The van der Waals surface area contributed by atoms with Gasteiger partial charge in [-0.25, -0.2) is 4.79 Å². The maximum absolute atomic E-state index is 13.5. The summed E-state index contributed by atoms with van der Waals surface area (Å²) >= 11 is 0. The Bertz CT molecular complexity index is 1350. The van der Waals surface area contributed by atoms with Crippen molar-refractivity contribution in [3.63, 3.8) is 0 Å². The first-order chi connectivity index (χ1) is 18.6. The van der Waals surface area contributed by atoms with Crippen LogP contribution in [-0.2, 0) is 24.2 Å². The number of aromatic nitrogens is 1. The highest BCUT2D eigenvalue weighted by Crippen LogP contribution is 2.34. The van der Waals surface area contributed by atoms with Crippen LogP contribution in [0.1, 0.15) is 74.6 Å². The first-order valence-corrected chi connectivity index (χ1v) is 14.3. The fraction of sp³-hybridized carbons (Fsp3) is 0.500. The second-order valence-corrected chi connectivity index (χ2v) is 11.9. The van der Waals surface area contributed by atoms with Crippen LogP contribution < -0.4 is 4.74 Å². The van der Waals surface area contributed by atoms with Crippen LogP contribution in [0.15, 0.2) is 42.5 Å². The maximum atomic E-state index is 13.5. The Morgan fingerprint density at radius 1 is 0.975 bits per heavy atom. The Balaban J connectivity index is 0.00000370. The number of ether oxygens (including phenoxy) is 2. The van der Waals surface area contributed by atoms with E-state index in [1.54, 1.807) is 4.90 Å². The summed E-state index contributed by atoms with van der Waals surface area (Å²) in [4.78, 5) is 30.2. The molecule has 2 amide bonds. The third kappa shape index (κ3) is 6.41. The first kappa shape index (κ1) is 29.8. The third-order valence-corrected chi connectivity index (χ3v) is 7.80. The van der Waals surface area contributed by atoms with Crippen molar-refractivity contribution in [2.45, 2.75) is 72.6 Å². The minimum Gasteiger partial charge on any atom is -0.494 e. The number of hydrogen-bond acceptors (Lipinski definition) is 4. The summed E-state index contributed by atoms with van der Waals surface area (Å²) in [5.41, 5.74) is 4.75. The van der Waals surface area contributed by atoms with Gasteiger partial charge in [-0.05, 0) is 82.3 Å². The fourth-order valence-electron chi connectivity index (χ4n) is 5.68. The summed E-state index contributed by atoms with van der Waals surface area (Å²) in [6.07, 6.45) is 2.53. The number of carbonyl (C=O) groups excluding carboxylic acids is 2. The van der Waals surface area contributed by atoms with Crippen molar-refractivity contribution in [3.8, 4) is 5.75 Å². The molecule has 0 aliphatic carbocycles. The van der Waals surface area contributed by atoms with Crippen LogP contribution in [0.3, 0.4) is 0 Å². The molecule has 5 rings (SSSR count). The number of rotatable bonds is 5. The van der Waals surface area contributed by atoms with Gasteiger partial charge in [-0.15, -0.1) is 12.4 Å². The van der Waals surface area contributed by atoms with Crippen molar-refractivity contribution in [2.75, 3.05) is 26.2 Å². The Morgan fingerprint density at radius 3 is 2.33 bits per heavy atom. The van der Waals surface area contributed by atoms with E-state index in [2.05, 4.69) is 29.7 Å². The molecule has 8 heteroatoms. The summed E-state index contributed by atoms with van der Waals surface area (Å²) in [6.45, 7) is 13.9. The quantitative estimate of drug-likeness (QED) is 0.345. The highest BCUT2D eigenvalue weighted by Gasteiger charge is 2.30. The topological polar surface area (TPSA) is 64.0 Å². The van der Waals surface area contributed by atoms with Crippen LogP contribution in [0.2, 0.25) is 0 Å². The molecule has 2 aromatic carbocycles. The molecule has 40 heavy (non-hydrogen) atoms. The van der Waals surface area contributed by atoms with Crippen LogP contribution in [0.25, 0.3) is 10.9 Å². The van der Waals surface area contributed by atoms with Crippen LogP contribution in [0.5, 0.6) is 5.75 Å². The molecule has 0 bridgehead atoms. The molecule has 1 aromatic heterocycles. The minimum atomic E-state index is -0.551. The Labute approximate surface area is 243 Å². The molecular weight excluding hydrogens is 526 g/mol. The second kappa shape index (κ2) is 12.1. The van der Waals surface area contributed by atoms with Gasteiger partial charge in [-0.2, -0.15) is 0 Å². The molecule has 2 aliphatic rings. The van der Waals surface area contributed by atoms with Gasteiger partial charge in [-0.3, -0.25) is 4.79 Å². The van der Waals surface area contributed by atoms with E-state index in [0.29, 0.717) is 37.7 Å². The van der Waals surface area contributed by atoms with E-state index in [9.17, 15) is 9.59 Å². The molecule has 0 radical (unpaired) electrons. The molecule has 0 atom stereocenters. The van der Waals surface area contributed by atoms with Gasteiger partial charge in [0.25, 0.3) is 5.91 Å². The van der Waals surface area contributed by atoms with Crippen molar-refractivity contribution in [2.24, 2.45) is 5.92 Å². The molecule has 0 unspecified atom stereocenters. The van der Waals surface area contributed by atoms with E-state index in [0.717, 1.165) is 54.6 Å². The van der Waals surface area contributed by atoms with Crippen molar-refractivity contribution in [1.82, 2.24) is 14.4 Å². The van der Waals surface area contributed by atoms with Gasteiger partial charge < -0.3 is 23.8 Å². The maximum Gasteiger partial charge on any atom is 0.410 e. The van der Waals surface area contributed by atoms with E-state index in [4.69, 9.17) is 9.47 Å². The van der Waals surface area contributed by atoms with E-state index in [-0.39, 0.29) is 24.4 Å². The summed E-state index contributed by atoms with van der Waals surface area (Å²) < 4.78 is 13.7. The molecule has 1 fully saturated rings. The number of benzene rings is 2. The van der Waals surface area contributed by atoms with Gasteiger partial charge in [0.05, 0.1) is 13.2 Å². The zero-order chi connectivity index (χ0) is 27.7. The van der Waals surface area contributed by atoms with E-state index in [1.165, 1.54) is 11.3 Å². The van der Waals surface area contributed by atoms with E-state index in [1.807, 2.05) is 56.9 Å². The zero-order valence-electron chi connectivity index (χ0n) is 24.4. The number of hydrogen-bond donors (Lipinski definition) is 0. The molecule has 216 valence electrons. The summed E-state index contributed by atoms with van der Waals surface area (Å²) in [6, 6.07) is 14.3. The molecular formula is C32H42ClN3O4. The fourth-order valence-corrected chi connectivity index (χ4v) is 5.68. The van der Waals surface area contributed by atoms with Crippen molar-refractivity contribution in [3.05, 3.63) is 64.8 Å². The van der Waals surface area contributed by atoms with Gasteiger partial charge in [0, 0.05) is 60.3 Å². The Morgan fingerprint density at radius 2 is 1.68 bits per heavy atom. The lowest BCUT2D eigenvalue weighted by Gasteiger charge is -2.31. The molecule has 0 N–H and O–H groups in total. The Kier molecular flexibility index (Phi) is 9.03. The van der Waals surface area contributed by atoms with E-state index < -0.39 is 5.60 Å². The normalized spacial score (nSPS) is 15.9. The summed E-state index contributed by atoms with van der Waals surface area (Å²) in [7, 11) is 0. The molecule has 0 saturated carbocycles. The molecule has 3 heterocycles. The average molecular weight is 568 g/mol. The lowest BCUT2D eigenvalue weighted by molar-refractivity contribution is 0.0223. The summed E-state index contributed by atoms with van der Waals surface area (Å²) in [5.74, 6) is 1.62. The third-order valence-electron chi connectivity index (χ3n) is 7.80. The highest BCUT2D eigenvalue weighted by molar-refractivity contribution is 5.99. The van der Waals surface area contributed by atoms with Gasteiger partial charge in [0.1, 0.15) is 11.4 Å². The monoisotopic (exact) mass is 567 g/mol. The van der Waals surface area contributed by atoms with Crippen molar-refractivity contribution in [1.29, 1.82) is 0 Å². The van der Waals surface area contributed by atoms with Crippen LogP contribution >= 0.6 is 12.4 Å². The van der Waals surface area contributed by atoms with Crippen LogP contribution in [0, 0.1) is 5.92 Å². The predicted octanol–water partition coefficient (Wildman–Crippen LogP) is 6.68. The lowest BCUT2D eigenvalue weighted by Crippen LogP contribution is -2.40. The number of halogens is 1. The highest BCUT2D eigenvalue weighted by atomic mass is 35.5. The molecule has 3 aromatic rings. The molecule has 2 aliphatic heterocycles. The van der Waals surface area contributed by atoms with Gasteiger partial charge in [-0.1, -0.05) is 19.1 Å². The standard InChI is InChI=1S/C32H41N3O4.ClH/c1-6-38-25-10-7-23(8-11-25)20-35-28-12-9-24(30(36)33-16-13-22(2)14-17-33)19-26(28)27-21-34(18-15-29(27)35)31(37)39-32(3,4)5;/h7-12,19,22H,6,13-18,20-21H2,1-5H3;1H. The smallest absolute Gasteiger partial charge is 0.410 e. The number of piperidine rings is 1. The van der Waals surface area contributed by atoms with Gasteiger partial charge in [0.15, 0.2) is 0 Å². The zero-order valence-corrected chi connectivity index (χ0v) is 25.2. The number of carbonyl (C=O) groups is 2. The summed E-state index contributed by atoms with van der Waals surface area (Å²) in [5, 5.41) is 1.04. The van der Waals surface area contributed by atoms with Crippen LogP contribution in [-0.4, -0.2) is 58.2 Å². The minimum absolute atomic E-state index is 0. The average Bonchev–Trinajstić information content (AvgIpc) is 3.21. The molecule has 1 saturated heterocycles.